The molecule has 0 atom stereocenters. The van der Waals surface area contributed by atoms with Crippen molar-refractivity contribution in [1.29, 1.82) is 0 Å². The third kappa shape index (κ3) is 5.26. The van der Waals surface area contributed by atoms with Crippen LogP contribution < -0.4 is 4.74 Å². The second-order valence-electron chi connectivity index (χ2n) is 7.99. The van der Waals surface area contributed by atoms with Gasteiger partial charge in [-0.25, -0.2) is 0 Å². The number of ether oxygens (including phenoxy) is 1. The first kappa shape index (κ1) is 21.7. The van der Waals surface area contributed by atoms with E-state index < -0.39 is 0 Å². The number of methoxy groups -OCH3 is 1. The molecule has 3 heterocycles. The fraction of sp³-hybridized carbons (Fsp3) is 0.333. The molecule has 1 saturated heterocycles. The predicted molar refractivity (Wildman–Crippen MR) is 126 cm³/mol. The van der Waals surface area contributed by atoms with E-state index in [1.807, 2.05) is 30.3 Å². The Hall–Kier alpha value is -3.17. The van der Waals surface area contributed by atoms with E-state index in [1.54, 1.807) is 18.9 Å². The van der Waals surface area contributed by atoms with Gasteiger partial charge in [-0.2, -0.15) is 4.98 Å². The van der Waals surface area contributed by atoms with Gasteiger partial charge in [0.15, 0.2) is 5.16 Å². The Morgan fingerprint density at radius 2 is 1.85 bits per heavy atom. The lowest BCUT2D eigenvalue weighted by Gasteiger charge is -2.15. The molecule has 9 heteroatoms. The molecule has 2 aromatic heterocycles. The Morgan fingerprint density at radius 3 is 2.67 bits per heavy atom. The summed E-state index contributed by atoms with van der Waals surface area (Å²) >= 11 is 1.56. The number of hydrogen-bond donors (Lipinski definition) is 0. The van der Waals surface area contributed by atoms with E-state index in [4.69, 9.17) is 9.26 Å². The number of aromatic nitrogens is 5. The zero-order valence-corrected chi connectivity index (χ0v) is 19.4. The topological polar surface area (TPSA) is 82.1 Å². The third-order valence-corrected chi connectivity index (χ3v) is 6.61. The molecule has 1 fully saturated rings. The minimum absolute atomic E-state index is 0.521. The summed E-state index contributed by atoms with van der Waals surface area (Å²) in [6.07, 6.45) is 2.50. The maximum absolute atomic E-state index is 5.50. The molecule has 0 amide bonds. The van der Waals surface area contributed by atoms with Gasteiger partial charge in [-0.15, -0.1) is 10.2 Å². The first-order valence-electron chi connectivity index (χ1n) is 11.1. The van der Waals surface area contributed by atoms with Crippen LogP contribution in [0, 0.1) is 0 Å². The molecule has 0 saturated carbocycles. The zero-order chi connectivity index (χ0) is 22.5. The third-order valence-electron chi connectivity index (χ3n) is 5.66. The van der Waals surface area contributed by atoms with Crippen LogP contribution in [0.2, 0.25) is 0 Å². The van der Waals surface area contributed by atoms with E-state index in [1.165, 1.54) is 18.4 Å². The van der Waals surface area contributed by atoms with Crippen LogP contribution in [0.1, 0.15) is 30.1 Å². The summed E-state index contributed by atoms with van der Waals surface area (Å²) in [5, 5.41) is 14.0. The Kier molecular flexibility index (Phi) is 6.68. The highest BCUT2D eigenvalue weighted by Crippen LogP contribution is 2.26. The summed E-state index contributed by atoms with van der Waals surface area (Å²) in [6.45, 7) is 3.80. The van der Waals surface area contributed by atoms with Gasteiger partial charge in [-0.05, 0) is 43.6 Å². The highest BCUT2D eigenvalue weighted by atomic mass is 32.2. The first-order chi connectivity index (χ1) is 16.3. The van der Waals surface area contributed by atoms with Crippen molar-refractivity contribution in [2.45, 2.75) is 36.8 Å². The van der Waals surface area contributed by atoms with Gasteiger partial charge in [0.25, 0.3) is 0 Å². The molecule has 0 bridgehead atoms. The van der Waals surface area contributed by atoms with E-state index in [9.17, 15) is 0 Å². The normalized spacial score (nSPS) is 14.1. The lowest BCUT2D eigenvalue weighted by molar-refractivity contribution is 0.316. The molecular weight excluding hydrogens is 436 g/mol. The molecule has 1 aliphatic heterocycles. The lowest BCUT2D eigenvalue weighted by Crippen LogP contribution is -2.21. The molecule has 5 rings (SSSR count). The van der Waals surface area contributed by atoms with Crippen molar-refractivity contribution in [3.05, 3.63) is 71.9 Å². The van der Waals surface area contributed by atoms with Crippen LogP contribution in [0.15, 0.2) is 64.3 Å². The smallest absolute Gasteiger partial charge is 0.237 e. The summed E-state index contributed by atoms with van der Waals surface area (Å²) in [5.74, 6) is 3.37. The largest absolute Gasteiger partial charge is 0.497 e. The highest BCUT2D eigenvalue weighted by Gasteiger charge is 2.19. The molecule has 0 radical (unpaired) electrons. The summed E-state index contributed by atoms with van der Waals surface area (Å²) < 4.78 is 13.0. The summed E-state index contributed by atoms with van der Waals surface area (Å²) in [5.41, 5.74) is 2.08. The van der Waals surface area contributed by atoms with E-state index in [2.05, 4.69) is 54.1 Å². The monoisotopic (exact) mass is 462 g/mol. The van der Waals surface area contributed by atoms with Crippen LogP contribution in [-0.4, -0.2) is 50.0 Å². The summed E-state index contributed by atoms with van der Waals surface area (Å²) in [4.78, 5) is 7.00. The highest BCUT2D eigenvalue weighted by molar-refractivity contribution is 7.98. The van der Waals surface area contributed by atoms with E-state index in [-0.39, 0.29) is 0 Å². The summed E-state index contributed by atoms with van der Waals surface area (Å²) in [7, 11) is 1.64. The van der Waals surface area contributed by atoms with Gasteiger partial charge in [0.05, 0.1) is 26.0 Å². The van der Waals surface area contributed by atoms with Crippen molar-refractivity contribution >= 4 is 11.8 Å². The Balaban J connectivity index is 1.32. The zero-order valence-electron chi connectivity index (χ0n) is 18.6. The molecule has 4 aromatic rings. The number of nitrogens with zero attached hydrogens (tertiary/aromatic N) is 6. The van der Waals surface area contributed by atoms with Crippen molar-refractivity contribution < 1.29 is 9.26 Å². The minimum atomic E-state index is 0.521. The van der Waals surface area contributed by atoms with Crippen LogP contribution in [0.3, 0.4) is 0 Å². The van der Waals surface area contributed by atoms with Gasteiger partial charge in [0.2, 0.25) is 11.7 Å². The van der Waals surface area contributed by atoms with Gasteiger partial charge in [-0.3, -0.25) is 4.90 Å². The molecule has 8 nitrogen and oxygen atoms in total. The predicted octanol–water partition coefficient (Wildman–Crippen LogP) is 4.27. The molecule has 0 aliphatic carbocycles. The first-order valence-corrected chi connectivity index (χ1v) is 12.1. The molecule has 0 N–H and O–H groups in total. The van der Waals surface area contributed by atoms with Crippen LogP contribution in [0.25, 0.3) is 11.4 Å². The maximum atomic E-state index is 5.50. The number of likely N-dealkylation sites (tertiary alicyclic amines) is 1. The van der Waals surface area contributed by atoms with Gasteiger partial charge >= 0.3 is 0 Å². The quantitative estimate of drug-likeness (QED) is 0.341. The molecule has 2 aromatic carbocycles. The second-order valence-corrected chi connectivity index (χ2v) is 8.93. The molecule has 1 aliphatic rings. The SMILES string of the molecule is COc1cccc(-c2noc(CSc3nnc(CN4CCCC4)n3Cc3ccccc3)n2)c1. The number of thioether (sulfide) groups is 1. The Labute approximate surface area is 197 Å². The van der Waals surface area contributed by atoms with Crippen molar-refractivity contribution in [2.24, 2.45) is 0 Å². The van der Waals surface area contributed by atoms with Crippen molar-refractivity contribution in [3.8, 4) is 17.1 Å². The fourth-order valence-corrected chi connectivity index (χ4v) is 4.72. The van der Waals surface area contributed by atoms with Gasteiger partial charge in [-0.1, -0.05) is 59.4 Å². The van der Waals surface area contributed by atoms with E-state index in [0.717, 1.165) is 48.5 Å². The Bertz CT molecular complexity index is 1190. The maximum Gasteiger partial charge on any atom is 0.237 e. The number of rotatable bonds is 9. The summed E-state index contributed by atoms with van der Waals surface area (Å²) in [6, 6.07) is 18.0. The van der Waals surface area contributed by atoms with Crippen molar-refractivity contribution in [2.75, 3.05) is 20.2 Å². The van der Waals surface area contributed by atoms with Crippen LogP contribution in [0.5, 0.6) is 5.75 Å². The molecule has 0 unspecified atom stereocenters. The van der Waals surface area contributed by atoms with Crippen molar-refractivity contribution in [3.63, 3.8) is 0 Å². The van der Waals surface area contributed by atoms with E-state index in [0.29, 0.717) is 17.5 Å². The van der Waals surface area contributed by atoms with Crippen LogP contribution in [-0.2, 0) is 18.8 Å². The van der Waals surface area contributed by atoms with Gasteiger partial charge in [0.1, 0.15) is 11.6 Å². The molecule has 170 valence electrons. The average Bonchev–Trinajstić information content (AvgIpc) is 3.62. The van der Waals surface area contributed by atoms with Crippen LogP contribution in [0.4, 0.5) is 0 Å². The molecule has 33 heavy (non-hydrogen) atoms. The standard InChI is InChI=1S/C24H26N6O2S/c1-31-20-11-7-10-19(14-20)23-25-22(32-28-23)17-33-24-27-26-21(16-29-12-5-6-13-29)30(24)15-18-8-3-2-4-9-18/h2-4,7-11,14H,5-6,12-13,15-17H2,1H3. The fourth-order valence-electron chi connectivity index (χ4n) is 3.93. The van der Waals surface area contributed by atoms with E-state index >= 15 is 0 Å². The van der Waals surface area contributed by atoms with Gasteiger partial charge in [0, 0.05) is 5.56 Å². The molecular formula is C24H26N6O2S. The van der Waals surface area contributed by atoms with Gasteiger partial charge < -0.3 is 13.8 Å². The number of hydrogen-bond acceptors (Lipinski definition) is 8. The Morgan fingerprint density at radius 1 is 1.00 bits per heavy atom. The van der Waals surface area contributed by atoms with Crippen molar-refractivity contribution in [1.82, 2.24) is 29.8 Å². The number of benzene rings is 2. The second kappa shape index (κ2) is 10.2. The lowest BCUT2D eigenvalue weighted by atomic mass is 10.2. The average molecular weight is 463 g/mol. The molecule has 0 spiro atoms. The van der Waals surface area contributed by atoms with Crippen LogP contribution >= 0.6 is 11.8 Å². The minimum Gasteiger partial charge on any atom is -0.497 e.